The van der Waals surface area contributed by atoms with Gasteiger partial charge >= 0.3 is 5.97 Å². The molecule has 10 heteroatoms. The monoisotopic (exact) mass is 439 g/mol. The van der Waals surface area contributed by atoms with Crippen molar-refractivity contribution in [3.8, 4) is 17.2 Å². The number of rotatable bonds is 4. The Labute approximate surface area is 179 Å². The summed E-state index contributed by atoms with van der Waals surface area (Å²) in [7, 11) is 1.28. The number of nitrogens with zero attached hydrogens (tertiary/aromatic N) is 1. The summed E-state index contributed by atoms with van der Waals surface area (Å²) < 4.78 is 16.3. The standard InChI is InChI=1S/C21H29NO9/c1-9-4-3-5-22(6-9)7-10-12-13(16(26)19(29-2)14(10)24)18-20(31-21(12)28)17(27)15(25)11(8-23)30-18/h9,11,15,17-18,20,23-27H,3-8H2,1-2H3/t9-,11-,15-,17+,18+,20-/m1/s1. The Balaban J connectivity index is 1.84. The number of fused-ring (bicyclic) bond motifs is 3. The van der Waals surface area contributed by atoms with Crippen LogP contribution < -0.4 is 4.74 Å². The molecule has 6 atom stereocenters. The molecule has 0 saturated carbocycles. The molecular weight excluding hydrogens is 410 g/mol. The smallest absolute Gasteiger partial charge is 0.339 e. The number of piperidine rings is 1. The van der Waals surface area contributed by atoms with Gasteiger partial charge in [0.05, 0.1) is 19.3 Å². The summed E-state index contributed by atoms with van der Waals surface area (Å²) in [5, 5.41) is 51.9. The first-order chi connectivity index (χ1) is 14.8. The number of benzene rings is 1. The minimum Gasteiger partial charge on any atom is -0.504 e. The minimum atomic E-state index is -1.53. The molecule has 4 rings (SSSR count). The van der Waals surface area contributed by atoms with E-state index in [4.69, 9.17) is 14.2 Å². The van der Waals surface area contributed by atoms with Crippen molar-refractivity contribution in [1.82, 2.24) is 4.90 Å². The van der Waals surface area contributed by atoms with Crippen LogP contribution in [-0.4, -0.2) is 87.6 Å². The van der Waals surface area contributed by atoms with Gasteiger partial charge in [0.15, 0.2) is 17.6 Å². The highest BCUT2D eigenvalue weighted by atomic mass is 16.6. The molecule has 2 saturated heterocycles. The molecule has 0 amide bonds. The summed E-state index contributed by atoms with van der Waals surface area (Å²) >= 11 is 0. The van der Waals surface area contributed by atoms with Crippen molar-refractivity contribution in [3.05, 3.63) is 16.7 Å². The van der Waals surface area contributed by atoms with Gasteiger partial charge in [0.1, 0.15) is 24.4 Å². The van der Waals surface area contributed by atoms with E-state index < -0.39 is 48.8 Å². The van der Waals surface area contributed by atoms with Gasteiger partial charge < -0.3 is 39.7 Å². The van der Waals surface area contributed by atoms with Crippen LogP contribution in [-0.2, 0) is 16.0 Å². The lowest BCUT2D eigenvalue weighted by molar-refractivity contribution is -0.235. The molecular formula is C21H29NO9. The maximum atomic E-state index is 13.0. The zero-order valence-electron chi connectivity index (χ0n) is 17.5. The second-order valence-electron chi connectivity index (χ2n) is 8.61. The fourth-order valence-corrected chi connectivity index (χ4v) is 4.92. The van der Waals surface area contributed by atoms with Gasteiger partial charge in [-0.15, -0.1) is 0 Å². The largest absolute Gasteiger partial charge is 0.504 e. The molecule has 5 N–H and O–H groups in total. The highest BCUT2D eigenvalue weighted by Gasteiger charge is 2.53. The van der Waals surface area contributed by atoms with E-state index in [9.17, 15) is 30.3 Å². The van der Waals surface area contributed by atoms with Crippen LogP contribution >= 0.6 is 0 Å². The predicted octanol–water partition coefficient (Wildman–Crippen LogP) is 0.0313. The number of esters is 1. The zero-order valence-corrected chi connectivity index (χ0v) is 17.5. The third-order valence-corrected chi connectivity index (χ3v) is 6.47. The van der Waals surface area contributed by atoms with E-state index in [0.717, 1.165) is 25.9 Å². The van der Waals surface area contributed by atoms with Crippen molar-refractivity contribution in [2.24, 2.45) is 5.92 Å². The van der Waals surface area contributed by atoms with E-state index in [-0.39, 0.29) is 34.7 Å². The van der Waals surface area contributed by atoms with Gasteiger partial charge in [-0.3, -0.25) is 4.90 Å². The van der Waals surface area contributed by atoms with Crippen LogP contribution in [0.1, 0.15) is 47.4 Å². The summed E-state index contributed by atoms with van der Waals surface area (Å²) in [5.41, 5.74) is 0.211. The van der Waals surface area contributed by atoms with Crippen molar-refractivity contribution in [3.63, 3.8) is 0 Å². The number of aliphatic hydroxyl groups excluding tert-OH is 3. The lowest BCUT2D eigenvalue weighted by atomic mass is 9.84. The summed E-state index contributed by atoms with van der Waals surface area (Å²) in [6.45, 7) is 3.36. The van der Waals surface area contributed by atoms with Crippen LogP contribution in [0.3, 0.4) is 0 Å². The summed E-state index contributed by atoms with van der Waals surface area (Å²) in [4.78, 5) is 15.1. The molecule has 172 valence electrons. The van der Waals surface area contributed by atoms with Gasteiger partial charge in [-0.25, -0.2) is 4.79 Å². The van der Waals surface area contributed by atoms with Crippen molar-refractivity contribution >= 4 is 5.97 Å². The molecule has 31 heavy (non-hydrogen) atoms. The Morgan fingerprint density at radius 3 is 2.58 bits per heavy atom. The first-order valence-corrected chi connectivity index (χ1v) is 10.5. The average molecular weight is 439 g/mol. The van der Waals surface area contributed by atoms with Crippen molar-refractivity contribution in [1.29, 1.82) is 0 Å². The van der Waals surface area contributed by atoms with Gasteiger partial charge in [-0.2, -0.15) is 0 Å². The molecule has 10 nitrogen and oxygen atoms in total. The highest BCUT2D eigenvalue weighted by Crippen LogP contribution is 2.52. The normalized spacial score (nSPS) is 33.4. The van der Waals surface area contributed by atoms with Crippen LogP contribution in [0, 0.1) is 5.92 Å². The van der Waals surface area contributed by atoms with Crippen LogP contribution in [0.2, 0.25) is 0 Å². The SMILES string of the molecule is COc1c(O)c(CN2CCC[C@@H](C)C2)c2c(c1O)[C@@H]1O[C@H](CO)[C@@H](O)[C@H](O)[C@H]1OC2=O. The summed E-state index contributed by atoms with van der Waals surface area (Å²) in [5.74, 6) is -1.45. The third-order valence-electron chi connectivity index (χ3n) is 6.47. The van der Waals surface area contributed by atoms with Gasteiger partial charge in [-0.05, 0) is 25.3 Å². The number of carbonyl (C=O) groups is 1. The summed E-state index contributed by atoms with van der Waals surface area (Å²) in [6.07, 6.45) is -4.51. The third kappa shape index (κ3) is 3.62. The van der Waals surface area contributed by atoms with E-state index in [1.54, 1.807) is 0 Å². The minimum absolute atomic E-state index is 0.0142. The Morgan fingerprint density at radius 2 is 1.94 bits per heavy atom. The van der Waals surface area contributed by atoms with E-state index in [0.29, 0.717) is 5.92 Å². The van der Waals surface area contributed by atoms with Crippen LogP contribution in [0.15, 0.2) is 0 Å². The Morgan fingerprint density at radius 1 is 1.19 bits per heavy atom. The van der Waals surface area contributed by atoms with E-state index >= 15 is 0 Å². The Kier molecular flexibility index (Phi) is 6.01. The van der Waals surface area contributed by atoms with Crippen molar-refractivity contribution < 1.29 is 44.5 Å². The fraction of sp³-hybridized carbons (Fsp3) is 0.667. The molecule has 0 spiro atoms. The zero-order chi connectivity index (χ0) is 22.4. The van der Waals surface area contributed by atoms with Gasteiger partial charge in [0, 0.05) is 24.2 Å². The fourth-order valence-electron chi connectivity index (χ4n) is 4.92. The topological polar surface area (TPSA) is 149 Å². The number of likely N-dealkylation sites (tertiary alicyclic amines) is 1. The van der Waals surface area contributed by atoms with E-state index in [1.807, 2.05) is 0 Å². The molecule has 0 aromatic heterocycles. The number of hydrogen-bond acceptors (Lipinski definition) is 10. The highest BCUT2D eigenvalue weighted by molar-refractivity contribution is 5.97. The Bertz CT molecular complexity index is 860. The number of phenolic OH excluding ortho intramolecular Hbond substituents is 2. The van der Waals surface area contributed by atoms with E-state index in [2.05, 4.69) is 11.8 Å². The molecule has 0 bridgehead atoms. The molecule has 3 heterocycles. The quantitative estimate of drug-likeness (QED) is 0.407. The second-order valence-corrected chi connectivity index (χ2v) is 8.61. The maximum Gasteiger partial charge on any atom is 0.339 e. The molecule has 0 radical (unpaired) electrons. The first-order valence-electron chi connectivity index (χ1n) is 10.5. The summed E-state index contributed by atoms with van der Waals surface area (Å²) in [6, 6.07) is 0. The number of aromatic hydroxyl groups is 2. The van der Waals surface area contributed by atoms with Gasteiger partial charge in [-0.1, -0.05) is 6.92 Å². The molecule has 1 aromatic rings. The number of hydrogen-bond donors (Lipinski definition) is 5. The van der Waals surface area contributed by atoms with Gasteiger partial charge in [0.25, 0.3) is 0 Å². The molecule has 1 aromatic carbocycles. The Hall–Kier alpha value is -2.11. The van der Waals surface area contributed by atoms with Crippen molar-refractivity contribution in [2.45, 2.75) is 56.8 Å². The molecule has 2 fully saturated rings. The molecule has 3 aliphatic heterocycles. The van der Waals surface area contributed by atoms with E-state index in [1.165, 1.54) is 7.11 Å². The number of carbonyl (C=O) groups excluding carboxylic acids is 1. The number of aliphatic hydroxyl groups is 3. The molecule has 0 unspecified atom stereocenters. The predicted molar refractivity (Wildman–Crippen MR) is 106 cm³/mol. The second kappa shape index (κ2) is 8.44. The van der Waals surface area contributed by atoms with Crippen molar-refractivity contribution in [2.75, 3.05) is 26.8 Å². The van der Waals surface area contributed by atoms with Crippen LogP contribution in [0.4, 0.5) is 0 Å². The lowest BCUT2D eigenvalue weighted by Gasteiger charge is -2.45. The number of phenols is 2. The molecule has 0 aliphatic carbocycles. The first kappa shape index (κ1) is 22.1. The lowest BCUT2D eigenvalue weighted by Crippen LogP contribution is -2.58. The maximum absolute atomic E-state index is 13.0. The molecule has 3 aliphatic rings. The average Bonchev–Trinajstić information content (AvgIpc) is 2.74. The number of methoxy groups -OCH3 is 1. The van der Waals surface area contributed by atoms with Crippen LogP contribution in [0.25, 0.3) is 0 Å². The number of ether oxygens (including phenoxy) is 3. The van der Waals surface area contributed by atoms with Gasteiger partial charge in [0.2, 0.25) is 5.75 Å². The van der Waals surface area contributed by atoms with Crippen LogP contribution in [0.5, 0.6) is 17.2 Å².